The fraction of sp³-hybridized carbons (Fsp3) is 0. The van der Waals surface area contributed by atoms with Crippen molar-refractivity contribution in [1.29, 1.82) is 0 Å². The van der Waals surface area contributed by atoms with Gasteiger partial charge in [0.15, 0.2) is 0 Å². The SMILES string of the molecule is NNC(=O)c1cncc([SH]2C=CC=C2)n1. The third kappa shape index (κ3) is 2.05. The number of nitrogens with two attached hydrogens (primary N) is 1. The molecule has 15 heavy (non-hydrogen) atoms. The molecule has 1 aliphatic rings. The lowest BCUT2D eigenvalue weighted by Gasteiger charge is -2.09. The Bertz CT molecular complexity index is 431. The Labute approximate surface area is 89.4 Å². The number of hydrogen-bond donors (Lipinski definition) is 3. The van der Waals surface area contributed by atoms with Crippen LogP contribution in [0.2, 0.25) is 0 Å². The molecule has 0 saturated carbocycles. The molecule has 0 aliphatic carbocycles. The highest BCUT2D eigenvalue weighted by molar-refractivity contribution is 8.22. The number of rotatable bonds is 2. The summed E-state index contributed by atoms with van der Waals surface area (Å²) in [6.45, 7) is 0. The van der Waals surface area contributed by atoms with Gasteiger partial charge in [-0.3, -0.25) is 15.2 Å². The highest BCUT2D eigenvalue weighted by atomic mass is 32.2. The van der Waals surface area contributed by atoms with Crippen molar-refractivity contribution in [3.63, 3.8) is 0 Å². The van der Waals surface area contributed by atoms with E-state index >= 15 is 0 Å². The summed E-state index contributed by atoms with van der Waals surface area (Å²) in [7, 11) is -0.542. The van der Waals surface area contributed by atoms with Crippen LogP contribution < -0.4 is 11.3 Å². The summed E-state index contributed by atoms with van der Waals surface area (Å²) in [4.78, 5) is 19.4. The van der Waals surface area contributed by atoms with Crippen molar-refractivity contribution in [2.75, 3.05) is 0 Å². The Hall–Kier alpha value is -1.66. The molecular formula is C9H10N4OS. The third-order valence-corrected chi connectivity index (χ3v) is 3.59. The molecule has 0 atom stereocenters. The quantitative estimate of drug-likeness (QED) is 0.294. The molecule has 2 rings (SSSR count). The minimum Gasteiger partial charge on any atom is -0.289 e. The van der Waals surface area contributed by atoms with Crippen LogP contribution in [0.1, 0.15) is 10.5 Å². The lowest BCUT2D eigenvalue weighted by molar-refractivity contribution is 0.0947. The molecule has 0 bridgehead atoms. The molecule has 3 N–H and O–H groups in total. The second kappa shape index (κ2) is 4.24. The van der Waals surface area contributed by atoms with E-state index in [4.69, 9.17) is 5.84 Å². The van der Waals surface area contributed by atoms with Crippen molar-refractivity contribution in [2.45, 2.75) is 5.03 Å². The van der Waals surface area contributed by atoms with Gasteiger partial charge in [0.05, 0.1) is 12.4 Å². The van der Waals surface area contributed by atoms with Gasteiger partial charge < -0.3 is 0 Å². The number of carbonyl (C=O) groups excluding carboxylic acids is 1. The van der Waals surface area contributed by atoms with E-state index in [1.807, 2.05) is 28.4 Å². The van der Waals surface area contributed by atoms with Gasteiger partial charge in [0, 0.05) is 0 Å². The van der Waals surface area contributed by atoms with Crippen molar-refractivity contribution < 1.29 is 4.79 Å². The lowest BCUT2D eigenvalue weighted by atomic mass is 10.4. The molecule has 0 aromatic carbocycles. The number of allylic oxidation sites excluding steroid dienone is 2. The number of aromatic nitrogens is 2. The molecular weight excluding hydrogens is 212 g/mol. The van der Waals surface area contributed by atoms with Gasteiger partial charge in [-0.2, -0.15) is 10.9 Å². The fourth-order valence-corrected chi connectivity index (χ4v) is 2.55. The Morgan fingerprint density at radius 2 is 2.07 bits per heavy atom. The van der Waals surface area contributed by atoms with Crippen LogP contribution in [0.4, 0.5) is 0 Å². The first kappa shape index (κ1) is 9.88. The first-order valence-electron chi connectivity index (χ1n) is 4.27. The van der Waals surface area contributed by atoms with Crippen molar-refractivity contribution in [2.24, 2.45) is 5.84 Å². The molecule has 0 fully saturated rings. The Kier molecular flexibility index (Phi) is 2.79. The molecule has 0 saturated heterocycles. The second-order valence-corrected chi connectivity index (χ2v) is 4.70. The third-order valence-electron chi connectivity index (χ3n) is 1.85. The van der Waals surface area contributed by atoms with Gasteiger partial charge in [-0.1, -0.05) is 12.2 Å². The first-order chi connectivity index (χ1) is 7.31. The van der Waals surface area contributed by atoms with Gasteiger partial charge in [0.1, 0.15) is 10.7 Å². The van der Waals surface area contributed by atoms with Crippen LogP contribution in [0.5, 0.6) is 0 Å². The molecule has 1 amide bonds. The van der Waals surface area contributed by atoms with E-state index in [-0.39, 0.29) is 5.69 Å². The highest BCUT2D eigenvalue weighted by Crippen LogP contribution is 2.39. The topological polar surface area (TPSA) is 80.9 Å². The molecule has 0 unspecified atom stereocenters. The smallest absolute Gasteiger partial charge is 0.285 e. The van der Waals surface area contributed by atoms with E-state index in [1.165, 1.54) is 6.20 Å². The van der Waals surface area contributed by atoms with E-state index in [0.29, 0.717) is 0 Å². The number of nitrogens with one attached hydrogen (secondary N) is 1. The maximum atomic E-state index is 11.2. The minimum absolute atomic E-state index is 0.242. The lowest BCUT2D eigenvalue weighted by Crippen LogP contribution is -2.30. The average molecular weight is 222 g/mol. The monoisotopic (exact) mass is 222 g/mol. The van der Waals surface area contributed by atoms with Crippen molar-refractivity contribution in [1.82, 2.24) is 15.4 Å². The van der Waals surface area contributed by atoms with Crippen molar-refractivity contribution >= 4 is 16.8 Å². The zero-order valence-electron chi connectivity index (χ0n) is 7.79. The largest absolute Gasteiger partial charge is 0.289 e. The van der Waals surface area contributed by atoms with E-state index in [2.05, 4.69) is 9.97 Å². The van der Waals surface area contributed by atoms with Crippen LogP contribution in [0.3, 0.4) is 0 Å². The van der Waals surface area contributed by atoms with E-state index in [1.54, 1.807) is 6.20 Å². The highest BCUT2D eigenvalue weighted by Gasteiger charge is 2.10. The summed E-state index contributed by atoms with van der Waals surface area (Å²) in [6, 6.07) is 0. The number of carbonyl (C=O) groups is 1. The van der Waals surface area contributed by atoms with Crippen molar-refractivity contribution in [3.8, 4) is 0 Å². The first-order valence-corrected chi connectivity index (χ1v) is 5.75. The standard InChI is InChI=1S/C9H10N4OS/c10-13-9(14)7-5-11-6-8(12-7)15-3-1-2-4-15/h1-6,15H,10H2,(H,13,14). The summed E-state index contributed by atoms with van der Waals surface area (Å²) in [5.74, 6) is 4.59. The molecule has 2 heterocycles. The number of hydrogen-bond acceptors (Lipinski definition) is 4. The zero-order valence-corrected chi connectivity index (χ0v) is 8.69. The second-order valence-electron chi connectivity index (χ2n) is 2.83. The number of hydrazine groups is 1. The summed E-state index contributed by atoms with van der Waals surface area (Å²) in [6.07, 6.45) is 6.98. The van der Waals surface area contributed by atoms with Crippen LogP contribution in [-0.2, 0) is 0 Å². The summed E-state index contributed by atoms with van der Waals surface area (Å²) in [5.41, 5.74) is 2.27. The van der Waals surface area contributed by atoms with Crippen LogP contribution in [0, 0.1) is 0 Å². The maximum absolute atomic E-state index is 11.2. The predicted octanol–water partition coefficient (Wildman–Crippen LogP) is 0.481. The summed E-state index contributed by atoms with van der Waals surface area (Å²) in [5, 5.41) is 4.89. The minimum atomic E-state index is -0.542. The molecule has 5 nitrogen and oxygen atoms in total. The molecule has 1 aromatic heterocycles. The van der Waals surface area contributed by atoms with E-state index in [9.17, 15) is 4.79 Å². The van der Waals surface area contributed by atoms with Gasteiger partial charge in [-0.05, 0) is 10.8 Å². The zero-order chi connectivity index (χ0) is 10.7. The van der Waals surface area contributed by atoms with Gasteiger partial charge in [0.25, 0.3) is 5.91 Å². The maximum Gasteiger partial charge on any atom is 0.285 e. The van der Waals surface area contributed by atoms with Gasteiger partial charge in [-0.25, -0.2) is 10.8 Å². The fourth-order valence-electron chi connectivity index (χ4n) is 1.15. The van der Waals surface area contributed by atoms with Gasteiger partial charge in [0.2, 0.25) is 0 Å². The molecule has 1 aliphatic heterocycles. The van der Waals surface area contributed by atoms with Crippen molar-refractivity contribution in [3.05, 3.63) is 41.1 Å². The average Bonchev–Trinajstić information content (AvgIpc) is 2.82. The molecule has 0 radical (unpaired) electrons. The number of nitrogen functional groups attached to an aromatic ring is 1. The normalized spacial score (nSPS) is 15.7. The summed E-state index contributed by atoms with van der Waals surface area (Å²) < 4.78 is 0. The number of amides is 1. The Morgan fingerprint density at radius 1 is 1.33 bits per heavy atom. The molecule has 78 valence electrons. The van der Waals surface area contributed by atoms with E-state index < -0.39 is 16.8 Å². The van der Waals surface area contributed by atoms with Crippen LogP contribution in [0.25, 0.3) is 0 Å². The van der Waals surface area contributed by atoms with Crippen LogP contribution >= 0.6 is 10.9 Å². The number of thiol groups is 1. The molecule has 0 spiro atoms. The Morgan fingerprint density at radius 3 is 2.73 bits per heavy atom. The number of nitrogens with zero attached hydrogens (tertiary/aromatic N) is 2. The molecule has 1 aromatic rings. The van der Waals surface area contributed by atoms with E-state index in [0.717, 1.165) is 5.03 Å². The predicted molar refractivity (Wildman–Crippen MR) is 59.2 cm³/mol. The Balaban J connectivity index is 2.30. The van der Waals surface area contributed by atoms with Gasteiger partial charge >= 0.3 is 0 Å². The summed E-state index contributed by atoms with van der Waals surface area (Å²) >= 11 is 0. The van der Waals surface area contributed by atoms with Crippen LogP contribution in [-0.4, -0.2) is 15.9 Å². The molecule has 6 heteroatoms. The van der Waals surface area contributed by atoms with Crippen LogP contribution in [0.15, 0.2) is 40.4 Å². The van der Waals surface area contributed by atoms with Gasteiger partial charge in [-0.15, -0.1) is 0 Å².